The van der Waals surface area contributed by atoms with Gasteiger partial charge in [0.25, 0.3) is 0 Å². The first-order chi connectivity index (χ1) is 9.98. The van der Waals surface area contributed by atoms with Crippen LogP contribution in [0.1, 0.15) is 33.4 Å². The first-order valence-electron chi connectivity index (χ1n) is 7.01. The minimum atomic E-state index is -0.592. The highest BCUT2D eigenvalue weighted by Gasteiger charge is 2.08. The van der Waals surface area contributed by atoms with Gasteiger partial charge in [-0.25, -0.2) is 4.98 Å². The third-order valence-corrected chi connectivity index (χ3v) is 3.05. The number of alkyl halides is 1. The molecule has 0 radical (unpaired) electrons. The predicted octanol–water partition coefficient (Wildman–Crippen LogP) is 2.87. The van der Waals surface area contributed by atoms with Crippen molar-refractivity contribution >= 4 is 23.2 Å². The van der Waals surface area contributed by atoms with E-state index in [1.54, 1.807) is 13.0 Å². The summed E-state index contributed by atoms with van der Waals surface area (Å²) in [6.45, 7) is 11.7. The predicted molar refractivity (Wildman–Crippen MR) is 86.4 cm³/mol. The number of carbonyl (C=O) groups excluding carboxylic acids is 1. The average Bonchev–Trinajstić information content (AvgIpc) is 2.50. The summed E-state index contributed by atoms with van der Waals surface area (Å²) in [5.41, 5.74) is 0.837. The van der Waals surface area contributed by atoms with Gasteiger partial charge in [-0.05, 0) is 38.7 Å². The molecule has 1 aromatic rings. The first-order valence-corrected chi connectivity index (χ1v) is 7.45. The van der Waals surface area contributed by atoms with Gasteiger partial charge in [-0.1, -0.05) is 20.8 Å². The van der Waals surface area contributed by atoms with Crippen molar-refractivity contribution in [2.75, 3.05) is 25.0 Å². The van der Waals surface area contributed by atoms with E-state index in [0.29, 0.717) is 11.4 Å². The molecule has 0 bridgehead atoms. The Morgan fingerprint density at radius 2 is 1.95 bits per heavy atom. The van der Waals surface area contributed by atoms with Crippen LogP contribution in [-0.2, 0) is 4.79 Å². The Hall–Kier alpha value is -1.64. The largest absolute Gasteiger partial charge is 0.323 e. The van der Waals surface area contributed by atoms with Crippen LogP contribution in [0.15, 0.2) is 18.3 Å². The zero-order valence-electron chi connectivity index (χ0n) is 13.1. The van der Waals surface area contributed by atoms with Crippen LogP contribution in [-0.4, -0.2) is 40.8 Å². The molecule has 1 rings (SSSR count). The Morgan fingerprint density at radius 1 is 1.38 bits per heavy atom. The number of aromatic nitrogens is 1. The molecular formula is C15H23ClN4O. The van der Waals surface area contributed by atoms with Gasteiger partial charge in [0.15, 0.2) is 0 Å². The zero-order valence-corrected chi connectivity index (χ0v) is 13.8. The molecule has 0 aliphatic rings. The molecule has 1 unspecified atom stereocenters. The third kappa shape index (κ3) is 8.28. The van der Waals surface area contributed by atoms with Crippen molar-refractivity contribution in [1.29, 1.82) is 5.26 Å². The van der Waals surface area contributed by atoms with Crippen molar-refractivity contribution in [3.05, 3.63) is 24.0 Å². The molecule has 0 saturated carbocycles. The standard InChI is InChI=1S/C9H8ClN3O.C6H15N/c1-6(10)9(14)13-8-3-2-7(4-11)12-5-8;1-4-7(5-2)6-3/h2-3,5-6H,1H3,(H,13,14);4-6H2,1-3H3. The van der Waals surface area contributed by atoms with E-state index in [4.69, 9.17) is 16.9 Å². The van der Waals surface area contributed by atoms with Crippen molar-refractivity contribution in [3.8, 4) is 6.07 Å². The molecule has 21 heavy (non-hydrogen) atoms. The highest BCUT2D eigenvalue weighted by atomic mass is 35.5. The second-order valence-electron chi connectivity index (χ2n) is 4.27. The lowest BCUT2D eigenvalue weighted by molar-refractivity contribution is -0.115. The Balaban J connectivity index is 0.000000486. The molecule has 116 valence electrons. The maximum absolute atomic E-state index is 11.1. The number of carbonyl (C=O) groups is 1. The van der Waals surface area contributed by atoms with Crippen LogP contribution in [0.4, 0.5) is 5.69 Å². The Labute approximate surface area is 131 Å². The highest BCUT2D eigenvalue weighted by molar-refractivity contribution is 6.32. The molecular weight excluding hydrogens is 288 g/mol. The van der Waals surface area contributed by atoms with Gasteiger partial charge >= 0.3 is 0 Å². The third-order valence-electron chi connectivity index (χ3n) is 2.85. The highest BCUT2D eigenvalue weighted by Crippen LogP contribution is 2.07. The lowest BCUT2D eigenvalue weighted by atomic mass is 10.3. The molecule has 1 heterocycles. The molecule has 6 heteroatoms. The molecule has 1 N–H and O–H groups in total. The first kappa shape index (κ1) is 19.4. The summed E-state index contributed by atoms with van der Waals surface area (Å²) in [7, 11) is 0. The zero-order chi connectivity index (χ0) is 16.3. The maximum atomic E-state index is 11.1. The SMILES string of the molecule is CC(Cl)C(=O)Nc1ccc(C#N)nc1.CCN(CC)CC. The molecule has 0 aromatic carbocycles. The van der Waals surface area contributed by atoms with E-state index >= 15 is 0 Å². The number of nitrogens with one attached hydrogen (secondary N) is 1. The molecule has 0 fully saturated rings. The minimum absolute atomic E-state index is 0.293. The van der Waals surface area contributed by atoms with Crippen molar-refractivity contribution in [3.63, 3.8) is 0 Å². The van der Waals surface area contributed by atoms with E-state index in [-0.39, 0.29) is 5.91 Å². The summed E-state index contributed by atoms with van der Waals surface area (Å²) >= 11 is 5.55. The van der Waals surface area contributed by atoms with E-state index in [0.717, 1.165) is 0 Å². The maximum Gasteiger partial charge on any atom is 0.242 e. The Kier molecular flexibility index (Phi) is 10.2. The van der Waals surface area contributed by atoms with Gasteiger partial charge in [0.1, 0.15) is 17.1 Å². The number of nitriles is 1. The second-order valence-corrected chi connectivity index (χ2v) is 4.92. The number of nitrogens with zero attached hydrogens (tertiary/aromatic N) is 3. The van der Waals surface area contributed by atoms with Gasteiger partial charge in [0.2, 0.25) is 5.91 Å². The Morgan fingerprint density at radius 3 is 2.24 bits per heavy atom. The van der Waals surface area contributed by atoms with E-state index < -0.39 is 5.38 Å². The molecule has 1 aromatic heterocycles. The van der Waals surface area contributed by atoms with Crippen LogP contribution in [0.2, 0.25) is 0 Å². The molecule has 0 aliphatic carbocycles. The summed E-state index contributed by atoms with van der Waals surface area (Å²) in [5, 5.41) is 10.4. The van der Waals surface area contributed by atoms with Crippen molar-refractivity contribution in [2.24, 2.45) is 0 Å². The monoisotopic (exact) mass is 310 g/mol. The lowest BCUT2D eigenvalue weighted by Crippen LogP contribution is -2.21. The summed E-state index contributed by atoms with van der Waals surface area (Å²) in [6, 6.07) is 5.00. The number of anilines is 1. The fourth-order valence-corrected chi connectivity index (χ4v) is 1.50. The number of pyridine rings is 1. The number of halogens is 1. The van der Waals surface area contributed by atoms with Crippen LogP contribution < -0.4 is 5.32 Å². The van der Waals surface area contributed by atoms with Crippen LogP contribution in [0.5, 0.6) is 0 Å². The second kappa shape index (κ2) is 11.1. The number of hydrogen-bond acceptors (Lipinski definition) is 4. The topological polar surface area (TPSA) is 69.0 Å². The smallest absolute Gasteiger partial charge is 0.242 e. The van der Waals surface area contributed by atoms with E-state index in [1.807, 2.05) is 6.07 Å². The van der Waals surface area contributed by atoms with Crippen LogP contribution >= 0.6 is 11.6 Å². The number of amides is 1. The van der Waals surface area contributed by atoms with Gasteiger partial charge in [-0.2, -0.15) is 5.26 Å². The quantitative estimate of drug-likeness (QED) is 0.849. The fourth-order valence-electron chi connectivity index (χ4n) is 1.45. The molecule has 1 atom stereocenters. The number of rotatable bonds is 5. The molecule has 0 saturated heterocycles. The van der Waals surface area contributed by atoms with E-state index in [1.165, 1.54) is 31.9 Å². The van der Waals surface area contributed by atoms with E-state index in [9.17, 15) is 4.79 Å². The average molecular weight is 311 g/mol. The van der Waals surface area contributed by atoms with Gasteiger partial charge in [-0.3, -0.25) is 4.79 Å². The summed E-state index contributed by atoms with van der Waals surface area (Å²) < 4.78 is 0. The van der Waals surface area contributed by atoms with Crippen LogP contribution in [0, 0.1) is 11.3 Å². The van der Waals surface area contributed by atoms with Crippen molar-refractivity contribution < 1.29 is 4.79 Å². The molecule has 0 aliphatic heterocycles. The molecule has 5 nitrogen and oxygen atoms in total. The number of hydrogen-bond donors (Lipinski definition) is 1. The van der Waals surface area contributed by atoms with Gasteiger partial charge in [0, 0.05) is 0 Å². The van der Waals surface area contributed by atoms with Crippen molar-refractivity contribution in [2.45, 2.75) is 33.1 Å². The van der Waals surface area contributed by atoms with Gasteiger partial charge in [-0.15, -0.1) is 11.6 Å². The summed E-state index contributed by atoms with van der Waals surface area (Å²) in [6.07, 6.45) is 1.41. The molecule has 1 amide bonds. The van der Waals surface area contributed by atoms with Gasteiger partial charge in [0.05, 0.1) is 11.9 Å². The summed E-state index contributed by atoms with van der Waals surface area (Å²) in [4.78, 5) is 17.3. The van der Waals surface area contributed by atoms with Crippen LogP contribution in [0.3, 0.4) is 0 Å². The van der Waals surface area contributed by atoms with Gasteiger partial charge < -0.3 is 10.2 Å². The van der Waals surface area contributed by atoms with Crippen molar-refractivity contribution in [1.82, 2.24) is 9.88 Å². The molecule has 0 spiro atoms. The summed E-state index contributed by atoms with van der Waals surface area (Å²) in [5.74, 6) is -0.293. The lowest BCUT2D eigenvalue weighted by Gasteiger charge is -2.13. The fraction of sp³-hybridized carbons (Fsp3) is 0.533. The van der Waals surface area contributed by atoms with Crippen LogP contribution in [0.25, 0.3) is 0 Å². The normalized spacial score (nSPS) is 11.1. The van der Waals surface area contributed by atoms with E-state index in [2.05, 4.69) is 36.0 Å². The Bertz CT molecular complexity index is 444. The minimum Gasteiger partial charge on any atom is -0.323 e.